The van der Waals surface area contributed by atoms with Crippen LogP contribution in [0.4, 0.5) is 5.69 Å². The number of Topliss-reactive ketones (excluding diaryl/α,β-unsaturated/α-hetero) is 1. The van der Waals surface area contributed by atoms with Crippen LogP contribution in [0.1, 0.15) is 36.6 Å². The number of ketones is 1. The van der Waals surface area contributed by atoms with Gasteiger partial charge in [-0.15, -0.1) is 0 Å². The second kappa shape index (κ2) is 10.6. The highest BCUT2D eigenvalue weighted by atomic mass is 16.5. The van der Waals surface area contributed by atoms with Gasteiger partial charge in [-0.2, -0.15) is 0 Å². The van der Waals surface area contributed by atoms with Crippen LogP contribution in [0.5, 0.6) is 17.2 Å². The van der Waals surface area contributed by atoms with Crippen molar-refractivity contribution in [2.75, 3.05) is 18.6 Å². The highest BCUT2D eigenvalue weighted by molar-refractivity contribution is 6.51. The molecule has 1 aliphatic rings. The number of methoxy groups -OCH3 is 1. The molecule has 1 N–H and O–H groups in total. The quantitative estimate of drug-likeness (QED) is 0.161. The number of benzene rings is 3. The minimum absolute atomic E-state index is 0.0867. The molecule has 0 radical (unpaired) electrons. The second-order valence-corrected chi connectivity index (χ2v) is 8.45. The Morgan fingerprint density at radius 3 is 2.41 bits per heavy atom. The molecule has 0 spiro atoms. The number of aliphatic hydroxyl groups excluding tert-OH is 1. The number of carbonyl (C=O) groups is 3. The maximum Gasteiger partial charge on any atom is 0.308 e. The van der Waals surface area contributed by atoms with Crippen LogP contribution in [-0.2, 0) is 14.4 Å². The third kappa shape index (κ3) is 5.04. The van der Waals surface area contributed by atoms with Gasteiger partial charge in [-0.1, -0.05) is 18.2 Å². The van der Waals surface area contributed by atoms with Crippen LogP contribution in [-0.4, -0.2) is 36.5 Å². The molecule has 0 aromatic heterocycles. The summed E-state index contributed by atoms with van der Waals surface area (Å²) in [6.07, 6.45) is 0. The molecule has 190 valence electrons. The van der Waals surface area contributed by atoms with Crippen molar-refractivity contribution in [3.05, 3.63) is 89.0 Å². The zero-order chi connectivity index (χ0) is 26.7. The average molecular weight is 502 g/mol. The van der Waals surface area contributed by atoms with Crippen LogP contribution in [0.2, 0.25) is 0 Å². The lowest BCUT2D eigenvalue weighted by Crippen LogP contribution is -2.29. The highest BCUT2D eigenvalue weighted by Gasteiger charge is 2.47. The van der Waals surface area contributed by atoms with E-state index in [4.69, 9.17) is 14.2 Å². The minimum Gasteiger partial charge on any atom is -0.507 e. The summed E-state index contributed by atoms with van der Waals surface area (Å²) in [5.41, 5.74) is 1.93. The van der Waals surface area contributed by atoms with Gasteiger partial charge in [0.2, 0.25) is 0 Å². The molecular formula is C29H27NO7. The molecule has 1 fully saturated rings. The number of aliphatic hydroxyl groups is 1. The number of hydrogen-bond acceptors (Lipinski definition) is 7. The van der Waals surface area contributed by atoms with Crippen LogP contribution >= 0.6 is 0 Å². The number of rotatable bonds is 7. The Hall–Kier alpha value is -4.59. The topological polar surface area (TPSA) is 102 Å². The Bertz CT molecular complexity index is 1410. The molecular weight excluding hydrogens is 474 g/mol. The molecule has 0 bridgehead atoms. The Morgan fingerprint density at radius 2 is 1.73 bits per heavy atom. The molecule has 0 aliphatic carbocycles. The Morgan fingerprint density at radius 1 is 1.00 bits per heavy atom. The van der Waals surface area contributed by atoms with Gasteiger partial charge in [-0.3, -0.25) is 19.3 Å². The fourth-order valence-electron chi connectivity index (χ4n) is 4.36. The van der Waals surface area contributed by atoms with E-state index in [9.17, 15) is 19.5 Å². The number of ether oxygens (including phenoxy) is 3. The summed E-state index contributed by atoms with van der Waals surface area (Å²) < 4.78 is 16.1. The summed E-state index contributed by atoms with van der Waals surface area (Å²) in [5, 5.41) is 11.4. The van der Waals surface area contributed by atoms with E-state index in [1.807, 2.05) is 13.8 Å². The lowest BCUT2D eigenvalue weighted by molar-refractivity contribution is -0.132. The molecule has 1 saturated heterocycles. The number of carbonyl (C=O) groups excluding carboxylic acids is 3. The molecule has 4 rings (SSSR count). The van der Waals surface area contributed by atoms with Crippen LogP contribution in [0.3, 0.4) is 0 Å². The zero-order valence-corrected chi connectivity index (χ0v) is 21.0. The summed E-state index contributed by atoms with van der Waals surface area (Å²) in [6, 6.07) is 17.3. The third-order valence-corrected chi connectivity index (χ3v) is 5.96. The summed E-state index contributed by atoms with van der Waals surface area (Å²) in [6.45, 7) is 5.47. The van der Waals surface area contributed by atoms with E-state index < -0.39 is 23.7 Å². The summed E-state index contributed by atoms with van der Waals surface area (Å²) in [5.74, 6) is -1.08. The van der Waals surface area contributed by atoms with E-state index in [2.05, 4.69) is 0 Å². The number of anilines is 1. The summed E-state index contributed by atoms with van der Waals surface area (Å²) in [4.78, 5) is 39.7. The molecule has 3 aromatic rings. The van der Waals surface area contributed by atoms with Crippen LogP contribution in [0.25, 0.3) is 5.76 Å². The van der Waals surface area contributed by atoms with Crippen molar-refractivity contribution in [3.63, 3.8) is 0 Å². The Labute approximate surface area is 214 Å². The standard InChI is InChI=1S/C29H27NO7/c1-5-36-24-13-12-20(14-17(24)2)27(32)25-26(19-8-6-11-23(15-19)37-18(3)31)30(29(34)28(25)33)21-9-7-10-22(16-21)35-4/h6-16,26,32H,5H2,1-4H3/b27-25+. The first-order valence-corrected chi connectivity index (χ1v) is 11.7. The van der Waals surface area contributed by atoms with Crippen molar-refractivity contribution in [1.82, 2.24) is 0 Å². The second-order valence-electron chi connectivity index (χ2n) is 8.45. The number of hydrogen-bond donors (Lipinski definition) is 1. The molecule has 37 heavy (non-hydrogen) atoms. The van der Waals surface area contributed by atoms with Crippen molar-refractivity contribution >= 4 is 29.1 Å². The van der Waals surface area contributed by atoms with E-state index >= 15 is 0 Å². The lowest BCUT2D eigenvalue weighted by Gasteiger charge is -2.26. The highest BCUT2D eigenvalue weighted by Crippen LogP contribution is 2.43. The average Bonchev–Trinajstić information content (AvgIpc) is 3.15. The van der Waals surface area contributed by atoms with Crippen LogP contribution in [0, 0.1) is 6.92 Å². The van der Waals surface area contributed by atoms with E-state index in [0.717, 1.165) is 5.56 Å². The molecule has 1 heterocycles. The first-order valence-electron chi connectivity index (χ1n) is 11.7. The molecule has 1 unspecified atom stereocenters. The number of esters is 1. The van der Waals surface area contributed by atoms with Gasteiger partial charge in [0.05, 0.1) is 25.3 Å². The smallest absolute Gasteiger partial charge is 0.308 e. The van der Waals surface area contributed by atoms with Gasteiger partial charge < -0.3 is 19.3 Å². The fraction of sp³-hybridized carbons (Fsp3) is 0.207. The molecule has 1 amide bonds. The summed E-state index contributed by atoms with van der Waals surface area (Å²) >= 11 is 0. The van der Waals surface area contributed by atoms with Crippen LogP contribution < -0.4 is 19.1 Å². The van der Waals surface area contributed by atoms with Gasteiger partial charge in [0.25, 0.3) is 11.7 Å². The van der Waals surface area contributed by atoms with Crippen molar-refractivity contribution < 1.29 is 33.7 Å². The SMILES string of the molecule is CCOc1ccc(/C(O)=C2\C(=O)C(=O)N(c3cccc(OC)c3)C2c2cccc(OC(C)=O)c2)cc1C. The predicted octanol–water partition coefficient (Wildman–Crippen LogP) is 4.95. The van der Waals surface area contributed by atoms with Crippen molar-refractivity contribution in [2.45, 2.75) is 26.8 Å². The maximum atomic E-state index is 13.4. The van der Waals surface area contributed by atoms with E-state index in [-0.39, 0.29) is 17.1 Å². The molecule has 3 aromatic carbocycles. The molecule has 8 nitrogen and oxygen atoms in total. The van der Waals surface area contributed by atoms with Gasteiger partial charge in [-0.05, 0) is 67.4 Å². The van der Waals surface area contributed by atoms with Gasteiger partial charge in [-0.25, -0.2) is 0 Å². The Balaban J connectivity index is 1.93. The molecule has 8 heteroatoms. The first-order chi connectivity index (χ1) is 17.7. The normalized spacial score (nSPS) is 16.5. The van der Waals surface area contributed by atoms with E-state index in [1.165, 1.54) is 18.9 Å². The first kappa shape index (κ1) is 25.5. The molecule has 1 aliphatic heterocycles. The van der Waals surface area contributed by atoms with Gasteiger partial charge in [0, 0.05) is 24.2 Å². The van der Waals surface area contributed by atoms with E-state index in [0.29, 0.717) is 34.9 Å². The predicted molar refractivity (Wildman–Crippen MR) is 138 cm³/mol. The zero-order valence-electron chi connectivity index (χ0n) is 21.0. The van der Waals surface area contributed by atoms with Crippen LogP contribution in [0.15, 0.2) is 72.3 Å². The van der Waals surface area contributed by atoms with Crippen molar-refractivity contribution in [3.8, 4) is 17.2 Å². The maximum absolute atomic E-state index is 13.4. The third-order valence-electron chi connectivity index (χ3n) is 5.96. The minimum atomic E-state index is -0.991. The van der Waals surface area contributed by atoms with Crippen molar-refractivity contribution in [1.29, 1.82) is 0 Å². The molecule has 1 atom stereocenters. The molecule has 0 saturated carbocycles. The van der Waals surface area contributed by atoms with Crippen molar-refractivity contribution in [2.24, 2.45) is 0 Å². The Kier molecular flexibility index (Phi) is 7.29. The lowest BCUT2D eigenvalue weighted by atomic mass is 9.94. The van der Waals surface area contributed by atoms with Gasteiger partial charge >= 0.3 is 5.97 Å². The number of aryl methyl sites for hydroxylation is 1. The summed E-state index contributed by atoms with van der Waals surface area (Å²) in [7, 11) is 1.50. The number of amides is 1. The van der Waals surface area contributed by atoms with E-state index in [1.54, 1.807) is 66.7 Å². The van der Waals surface area contributed by atoms with Gasteiger partial charge in [0.15, 0.2) is 0 Å². The monoisotopic (exact) mass is 501 g/mol. The fourth-order valence-corrected chi connectivity index (χ4v) is 4.36. The van der Waals surface area contributed by atoms with Gasteiger partial charge in [0.1, 0.15) is 23.0 Å². The number of nitrogens with zero attached hydrogens (tertiary/aromatic N) is 1. The largest absolute Gasteiger partial charge is 0.507 e.